The van der Waals surface area contributed by atoms with Gasteiger partial charge in [0.1, 0.15) is 6.04 Å². The van der Waals surface area contributed by atoms with E-state index in [0.29, 0.717) is 38.3 Å². The standard InChI is InChI=1S/C16H18F3N3O2/c17-16(18,19)13-3-1-12(2-4-13)14(11-20)22-9-7-21(8-10-22)6-5-15(23)24/h1-4,14H,5-10H2,(H,23,24). The minimum absolute atomic E-state index is 0.0700. The second kappa shape index (κ2) is 7.64. The van der Waals surface area contributed by atoms with Crippen LogP contribution < -0.4 is 0 Å². The van der Waals surface area contributed by atoms with Gasteiger partial charge in [0.2, 0.25) is 0 Å². The summed E-state index contributed by atoms with van der Waals surface area (Å²) in [5.41, 5.74) is -0.203. The van der Waals surface area contributed by atoms with E-state index in [0.717, 1.165) is 12.1 Å². The summed E-state index contributed by atoms with van der Waals surface area (Å²) in [7, 11) is 0. The molecule has 2 rings (SSSR count). The van der Waals surface area contributed by atoms with E-state index in [4.69, 9.17) is 5.11 Å². The molecule has 1 atom stereocenters. The predicted molar refractivity (Wildman–Crippen MR) is 80.1 cm³/mol. The van der Waals surface area contributed by atoms with Crippen molar-refractivity contribution in [1.29, 1.82) is 5.26 Å². The normalized spacial score (nSPS) is 18.1. The van der Waals surface area contributed by atoms with E-state index in [9.17, 15) is 23.2 Å². The Kier molecular flexibility index (Phi) is 5.80. The number of halogens is 3. The van der Waals surface area contributed by atoms with Gasteiger partial charge in [0.05, 0.1) is 18.1 Å². The van der Waals surface area contributed by atoms with E-state index in [1.165, 1.54) is 12.1 Å². The molecule has 1 aliphatic rings. The van der Waals surface area contributed by atoms with Crippen molar-refractivity contribution in [2.75, 3.05) is 32.7 Å². The van der Waals surface area contributed by atoms with Crippen LogP contribution in [-0.4, -0.2) is 53.6 Å². The van der Waals surface area contributed by atoms with Gasteiger partial charge in [-0.3, -0.25) is 9.69 Å². The molecule has 24 heavy (non-hydrogen) atoms. The Balaban J connectivity index is 1.98. The SMILES string of the molecule is N#CC(c1ccc(C(F)(F)F)cc1)N1CCN(CCC(=O)O)CC1. The van der Waals surface area contributed by atoms with Gasteiger partial charge in [-0.15, -0.1) is 0 Å². The van der Waals surface area contributed by atoms with Crippen LogP contribution in [0.4, 0.5) is 13.2 Å². The molecule has 0 aliphatic carbocycles. The van der Waals surface area contributed by atoms with E-state index in [-0.39, 0.29) is 6.42 Å². The molecule has 1 N–H and O–H groups in total. The maximum Gasteiger partial charge on any atom is 0.416 e. The van der Waals surface area contributed by atoms with Crippen LogP contribution >= 0.6 is 0 Å². The molecule has 1 heterocycles. The summed E-state index contributed by atoms with van der Waals surface area (Å²) in [4.78, 5) is 14.5. The molecule has 1 unspecified atom stereocenters. The number of aliphatic carboxylic acids is 1. The molecule has 1 aromatic rings. The van der Waals surface area contributed by atoms with Crippen LogP contribution in [0.1, 0.15) is 23.6 Å². The minimum Gasteiger partial charge on any atom is -0.481 e. The lowest BCUT2D eigenvalue weighted by Crippen LogP contribution is -2.47. The molecule has 0 radical (unpaired) electrons. The van der Waals surface area contributed by atoms with E-state index >= 15 is 0 Å². The summed E-state index contributed by atoms with van der Waals surface area (Å²) < 4.78 is 37.8. The number of hydrogen-bond acceptors (Lipinski definition) is 4. The van der Waals surface area contributed by atoms with Gasteiger partial charge in [0, 0.05) is 32.7 Å². The number of piperazine rings is 1. The van der Waals surface area contributed by atoms with E-state index in [1.807, 2.05) is 9.80 Å². The van der Waals surface area contributed by atoms with Crippen LogP contribution in [0, 0.1) is 11.3 Å². The van der Waals surface area contributed by atoms with Crippen molar-refractivity contribution in [3.8, 4) is 6.07 Å². The molecule has 5 nitrogen and oxygen atoms in total. The molecular formula is C16H18F3N3O2. The van der Waals surface area contributed by atoms with Gasteiger partial charge < -0.3 is 10.0 Å². The average Bonchev–Trinajstić information content (AvgIpc) is 2.54. The number of rotatable bonds is 5. The maximum absolute atomic E-state index is 12.6. The van der Waals surface area contributed by atoms with E-state index in [2.05, 4.69) is 6.07 Å². The van der Waals surface area contributed by atoms with Crippen molar-refractivity contribution in [2.45, 2.75) is 18.6 Å². The Labute approximate surface area is 137 Å². The monoisotopic (exact) mass is 341 g/mol. The van der Waals surface area contributed by atoms with Gasteiger partial charge >= 0.3 is 12.1 Å². The summed E-state index contributed by atoms with van der Waals surface area (Å²) in [6.45, 7) is 2.86. The first-order valence-corrected chi connectivity index (χ1v) is 7.56. The van der Waals surface area contributed by atoms with Gasteiger partial charge in [-0.25, -0.2) is 0 Å². The predicted octanol–water partition coefficient (Wildman–Crippen LogP) is 2.36. The lowest BCUT2D eigenvalue weighted by Gasteiger charge is -2.36. The van der Waals surface area contributed by atoms with Crippen molar-refractivity contribution >= 4 is 5.97 Å². The highest BCUT2D eigenvalue weighted by atomic mass is 19.4. The molecule has 1 saturated heterocycles. The topological polar surface area (TPSA) is 67.6 Å². The van der Waals surface area contributed by atoms with Crippen molar-refractivity contribution < 1.29 is 23.1 Å². The number of carboxylic acid groups (broad SMARTS) is 1. The smallest absolute Gasteiger partial charge is 0.416 e. The molecule has 8 heteroatoms. The first-order chi connectivity index (χ1) is 11.3. The van der Waals surface area contributed by atoms with Gasteiger partial charge in [0.25, 0.3) is 0 Å². The fraction of sp³-hybridized carbons (Fsp3) is 0.500. The summed E-state index contributed by atoms with van der Waals surface area (Å²) in [6.07, 6.45) is -4.32. The third-order valence-corrected chi connectivity index (χ3v) is 4.09. The molecule has 0 saturated carbocycles. The molecule has 1 fully saturated rings. The van der Waals surface area contributed by atoms with Crippen LogP contribution in [0.25, 0.3) is 0 Å². The highest BCUT2D eigenvalue weighted by Crippen LogP contribution is 2.31. The summed E-state index contributed by atoms with van der Waals surface area (Å²) >= 11 is 0. The zero-order chi connectivity index (χ0) is 17.7. The zero-order valence-corrected chi connectivity index (χ0v) is 13.0. The van der Waals surface area contributed by atoms with Crippen LogP contribution in [0.5, 0.6) is 0 Å². The lowest BCUT2D eigenvalue weighted by atomic mass is 10.0. The van der Waals surface area contributed by atoms with E-state index < -0.39 is 23.8 Å². The number of hydrogen-bond donors (Lipinski definition) is 1. The molecule has 1 aliphatic heterocycles. The first kappa shape index (κ1) is 18.2. The third kappa shape index (κ3) is 4.69. The Morgan fingerprint density at radius 1 is 1.21 bits per heavy atom. The fourth-order valence-electron chi connectivity index (χ4n) is 2.72. The highest BCUT2D eigenvalue weighted by molar-refractivity contribution is 5.66. The van der Waals surface area contributed by atoms with Crippen LogP contribution in [0.3, 0.4) is 0 Å². The Hall–Kier alpha value is -2.11. The van der Waals surface area contributed by atoms with Crippen molar-refractivity contribution in [3.63, 3.8) is 0 Å². The van der Waals surface area contributed by atoms with Gasteiger partial charge in [0.15, 0.2) is 0 Å². The highest BCUT2D eigenvalue weighted by Gasteiger charge is 2.31. The maximum atomic E-state index is 12.6. The third-order valence-electron chi connectivity index (χ3n) is 4.09. The number of nitrogens with zero attached hydrogens (tertiary/aromatic N) is 3. The van der Waals surface area contributed by atoms with Crippen LogP contribution in [0.15, 0.2) is 24.3 Å². The summed E-state index contributed by atoms with van der Waals surface area (Å²) in [5.74, 6) is -0.850. The number of carboxylic acids is 1. The first-order valence-electron chi connectivity index (χ1n) is 7.56. The molecular weight excluding hydrogens is 323 g/mol. The molecule has 0 aromatic heterocycles. The van der Waals surface area contributed by atoms with Crippen LogP contribution in [0.2, 0.25) is 0 Å². The molecule has 130 valence electrons. The summed E-state index contributed by atoms with van der Waals surface area (Å²) in [6, 6.07) is 6.20. The van der Waals surface area contributed by atoms with Crippen molar-refractivity contribution in [2.24, 2.45) is 0 Å². The Morgan fingerprint density at radius 2 is 1.79 bits per heavy atom. The Morgan fingerprint density at radius 3 is 2.25 bits per heavy atom. The quantitative estimate of drug-likeness (QED) is 0.890. The molecule has 0 bridgehead atoms. The summed E-state index contributed by atoms with van der Waals surface area (Å²) in [5, 5.41) is 18.1. The van der Waals surface area contributed by atoms with Crippen LogP contribution in [-0.2, 0) is 11.0 Å². The number of alkyl halides is 3. The Bertz CT molecular complexity index is 602. The molecule has 0 spiro atoms. The number of carbonyl (C=O) groups is 1. The van der Waals surface area contributed by atoms with Gasteiger partial charge in [-0.05, 0) is 17.7 Å². The van der Waals surface area contributed by atoms with Crippen molar-refractivity contribution in [1.82, 2.24) is 9.80 Å². The lowest BCUT2D eigenvalue weighted by molar-refractivity contribution is -0.138. The number of benzene rings is 1. The largest absolute Gasteiger partial charge is 0.481 e. The minimum atomic E-state index is -4.39. The fourth-order valence-corrected chi connectivity index (χ4v) is 2.72. The second-order valence-electron chi connectivity index (χ2n) is 5.67. The second-order valence-corrected chi connectivity index (χ2v) is 5.67. The van der Waals surface area contributed by atoms with Gasteiger partial charge in [-0.2, -0.15) is 18.4 Å². The molecule has 0 amide bonds. The van der Waals surface area contributed by atoms with E-state index in [1.54, 1.807) is 0 Å². The number of nitriles is 1. The molecule has 1 aromatic carbocycles. The van der Waals surface area contributed by atoms with Gasteiger partial charge in [-0.1, -0.05) is 12.1 Å². The average molecular weight is 341 g/mol. The zero-order valence-electron chi connectivity index (χ0n) is 13.0. The van der Waals surface area contributed by atoms with Crippen molar-refractivity contribution in [3.05, 3.63) is 35.4 Å².